The van der Waals surface area contributed by atoms with Gasteiger partial charge in [-0.25, -0.2) is 0 Å². The number of amides is 1. The molecular formula is C20H20N2O2. The smallest absolute Gasteiger partial charge is 0.255 e. The zero-order valence-electron chi connectivity index (χ0n) is 14.1. The van der Waals surface area contributed by atoms with Crippen molar-refractivity contribution in [3.8, 4) is 11.1 Å². The lowest BCUT2D eigenvalue weighted by Gasteiger charge is -2.15. The Labute approximate surface area is 140 Å². The molecule has 4 heteroatoms. The number of hydrogen-bond donors (Lipinski definition) is 1. The average Bonchev–Trinajstić information content (AvgIpc) is 2.56. The monoisotopic (exact) mass is 320 g/mol. The van der Waals surface area contributed by atoms with Gasteiger partial charge in [0.05, 0.1) is 0 Å². The summed E-state index contributed by atoms with van der Waals surface area (Å²) in [5.74, 6) is -0.00216. The number of aromatic nitrogens is 1. The predicted molar refractivity (Wildman–Crippen MR) is 96.9 cm³/mol. The second kappa shape index (κ2) is 6.32. The molecule has 24 heavy (non-hydrogen) atoms. The first-order valence-electron chi connectivity index (χ1n) is 7.89. The van der Waals surface area contributed by atoms with E-state index in [0.717, 1.165) is 27.6 Å². The highest BCUT2D eigenvalue weighted by atomic mass is 16.2. The summed E-state index contributed by atoms with van der Waals surface area (Å²) >= 11 is 0. The van der Waals surface area contributed by atoms with Crippen LogP contribution in [-0.2, 0) is 11.3 Å². The van der Waals surface area contributed by atoms with Crippen molar-refractivity contribution in [2.45, 2.75) is 20.4 Å². The minimum Gasteiger partial charge on any atom is -0.342 e. The van der Waals surface area contributed by atoms with Gasteiger partial charge in [0.2, 0.25) is 5.91 Å². The third kappa shape index (κ3) is 2.95. The lowest BCUT2D eigenvalue weighted by atomic mass is 9.96. The van der Waals surface area contributed by atoms with Gasteiger partial charge in [0.25, 0.3) is 5.56 Å². The van der Waals surface area contributed by atoms with Crippen LogP contribution in [0.15, 0.2) is 53.5 Å². The summed E-state index contributed by atoms with van der Waals surface area (Å²) in [7, 11) is 1.75. The van der Waals surface area contributed by atoms with E-state index in [-0.39, 0.29) is 11.5 Å². The van der Waals surface area contributed by atoms with Crippen LogP contribution in [0.2, 0.25) is 0 Å². The molecule has 0 radical (unpaired) electrons. The minimum absolute atomic E-state index is 0.00216. The molecule has 0 saturated carbocycles. The maximum Gasteiger partial charge on any atom is 0.255 e. The summed E-state index contributed by atoms with van der Waals surface area (Å²) in [4.78, 5) is 28.2. The Morgan fingerprint density at radius 1 is 1.08 bits per heavy atom. The lowest BCUT2D eigenvalue weighted by Crippen LogP contribution is -2.23. The van der Waals surface area contributed by atoms with Gasteiger partial charge in [0, 0.05) is 37.7 Å². The quantitative estimate of drug-likeness (QED) is 0.803. The fourth-order valence-corrected chi connectivity index (χ4v) is 2.89. The van der Waals surface area contributed by atoms with Crippen LogP contribution in [0, 0.1) is 6.92 Å². The van der Waals surface area contributed by atoms with E-state index < -0.39 is 0 Å². The van der Waals surface area contributed by atoms with Gasteiger partial charge in [0.1, 0.15) is 0 Å². The third-order valence-electron chi connectivity index (χ3n) is 4.36. The van der Waals surface area contributed by atoms with E-state index in [1.807, 2.05) is 30.3 Å². The zero-order valence-corrected chi connectivity index (χ0v) is 14.1. The molecule has 0 aliphatic rings. The van der Waals surface area contributed by atoms with Crippen LogP contribution in [-0.4, -0.2) is 22.8 Å². The highest BCUT2D eigenvalue weighted by molar-refractivity contribution is 5.96. The van der Waals surface area contributed by atoms with Crippen LogP contribution < -0.4 is 5.56 Å². The fraction of sp³-hybridized carbons (Fsp3) is 0.200. The predicted octanol–water partition coefficient (Wildman–Crippen LogP) is 3.48. The Morgan fingerprint density at radius 3 is 2.54 bits per heavy atom. The molecule has 1 heterocycles. The van der Waals surface area contributed by atoms with Gasteiger partial charge < -0.3 is 9.88 Å². The van der Waals surface area contributed by atoms with Crippen molar-refractivity contribution >= 4 is 16.7 Å². The maximum absolute atomic E-state index is 12.3. The number of carbonyl (C=O) groups is 1. The van der Waals surface area contributed by atoms with Crippen molar-refractivity contribution in [3.05, 3.63) is 70.1 Å². The first-order valence-corrected chi connectivity index (χ1v) is 7.89. The number of nitrogens with zero attached hydrogens (tertiary/aromatic N) is 1. The minimum atomic E-state index is -0.116. The summed E-state index contributed by atoms with van der Waals surface area (Å²) in [5.41, 5.74) is 4.09. The van der Waals surface area contributed by atoms with Crippen LogP contribution in [0.3, 0.4) is 0 Å². The van der Waals surface area contributed by atoms with Crippen molar-refractivity contribution in [2.24, 2.45) is 0 Å². The second-order valence-corrected chi connectivity index (χ2v) is 6.10. The number of aryl methyl sites for hydroxylation is 1. The van der Waals surface area contributed by atoms with Gasteiger partial charge in [-0.2, -0.15) is 0 Å². The Balaban J connectivity index is 2.15. The van der Waals surface area contributed by atoms with Gasteiger partial charge in [0.15, 0.2) is 0 Å². The summed E-state index contributed by atoms with van der Waals surface area (Å²) in [6.45, 7) is 4.08. The molecule has 1 aromatic heterocycles. The molecule has 0 bridgehead atoms. The number of aromatic amines is 1. The molecule has 1 N–H and O–H groups in total. The Hall–Kier alpha value is -2.88. The SMILES string of the molecule is CC(=O)N(C)Cc1ccc2c(-c3ccccc3C)c[nH]c(=O)c2c1. The molecule has 0 atom stereocenters. The summed E-state index contributed by atoms with van der Waals surface area (Å²) in [6, 6.07) is 13.9. The van der Waals surface area contributed by atoms with Gasteiger partial charge in [-0.1, -0.05) is 36.4 Å². The molecule has 122 valence electrons. The topological polar surface area (TPSA) is 53.2 Å². The zero-order chi connectivity index (χ0) is 17.3. The van der Waals surface area contributed by atoms with Crippen LogP contribution in [0.25, 0.3) is 21.9 Å². The molecule has 0 unspecified atom stereocenters. The van der Waals surface area contributed by atoms with E-state index in [1.54, 1.807) is 18.1 Å². The lowest BCUT2D eigenvalue weighted by molar-refractivity contribution is -0.128. The maximum atomic E-state index is 12.3. The van der Waals surface area contributed by atoms with E-state index in [2.05, 4.69) is 24.0 Å². The Morgan fingerprint density at radius 2 is 1.83 bits per heavy atom. The average molecular weight is 320 g/mol. The van der Waals surface area contributed by atoms with E-state index >= 15 is 0 Å². The van der Waals surface area contributed by atoms with Crippen molar-refractivity contribution in [1.29, 1.82) is 0 Å². The summed E-state index contributed by atoms with van der Waals surface area (Å²) in [6.07, 6.45) is 1.77. The number of benzene rings is 2. The number of rotatable bonds is 3. The Kier molecular flexibility index (Phi) is 4.21. The summed E-state index contributed by atoms with van der Waals surface area (Å²) in [5, 5.41) is 1.56. The molecule has 3 rings (SSSR count). The van der Waals surface area contributed by atoms with Gasteiger partial charge in [-0.05, 0) is 35.1 Å². The van der Waals surface area contributed by atoms with E-state index in [0.29, 0.717) is 11.9 Å². The molecule has 3 aromatic rings. The standard InChI is InChI=1S/C20H20N2O2/c1-13-6-4-5-7-16(13)19-11-21-20(24)18-10-15(8-9-17(18)19)12-22(3)14(2)23/h4-11H,12H2,1-3H3,(H,21,24). The van der Waals surface area contributed by atoms with Gasteiger partial charge in [-0.15, -0.1) is 0 Å². The van der Waals surface area contributed by atoms with Gasteiger partial charge >= 0.3 is 0 Å². The number of H-pyrrole nitrogens is 1. The molecule has 0 aliphatic carbocycles. The molecular weight excluding hydrogens is 300 g/mol. The van der Waals surface area contributed by atoms with Crippen molar-refractivity contribution in [2.75, 3.05) is 7.05 Å². The van der Waals surface area contributed by atoms with Crippen LogP contribution >= 0.6 is 0 Å². The molecule has 0 aliphatic heterocycles. The first kappa shape index (κ1) is 16.0. The van der Waals surface area contributed by atoms with Crippen molar-refractivity contribution in [1.82, 2.24) is 9.88 Å². The number of fused-ring (bicyclic) bond motifs is 1. The van der Waals surface area contributed by atoms with E-state index in [1.165, 1.54) is 6.92 Å². The molecule has 0 saturated heterocycles. The molecule has 2 aromatic carbocycles. The first-order chi connectivity index (χ1) is 11.5. The molecule has 4 nitrogen and oxygen atoms in total. The molecule has 0 fully saturated rings. The number of carbonyl (C=O) groups excluding carboxylic acids is 1. The largest absolute Gasteiger partial charge is 0.342 e. The van der Waals surface area contributed by atoms with E-state index in [9.17, 15) is 9.59 Å². The van der Waals surface area contributed by atoms with Crippen LogP contribution in [0.1, 0.15) is 18.1 Å². The van der Waals surface area contributed by atoms with Crippen molar-refractivity contribution < 1.29 is 4.79 Å². The number of pyridine rings is 1. The van der Waals surface area contributed by atoms with Crippen molar-refractivity contribution in [3.63, 3.8) is 0 Å². The fourth-order valence-electron chi connectivity index (χ4n) is 2.89. The highest BCUT2D eigenvalue weighted by Gasteiger charge is 2.11. The van der Waals surface area contributed by atoms with Crippen LogP contribution in [0.5, 0.6) is 0 Å². The third-order valence-corrected chi connectivity index (χ3v) is 4.36. The number of hydrogen-bond acceptors (Lipinski definition) is 2. The highest BCUT2D eigenvalue weighted by Crippen LogP contribution is 2.29. The normalized spacial score (nSPS) is 10.8. The van der Waals surface area contributed by atoms with E-state index in [4.69, 9.17) is 0 Å². The number of nitrogens with one attached hydrogen (secondary N) is 1. The molecule has 0 spiro atoms. The van der Waals surface area contributed by atoms with Crippen LogP contribution in [0.4, 0.5) is 0 Å². The summed E-state index contributed by atoms with van der Waals surface area (Å²) < 4.78 is 0. The Bertz CT molecular complexity index is 973. The van der Waals surface area contributed by atoms with Gasteiger partial charge in [-0.3, -0.25) is 9.59 Å². The second-order valence-electron chi connectivity index (χ2n) is 6.10. The molecule has 1 amide bonds.